The zero-order valence-electron chi connectivity index (χ0n) is 22.2. The second kappa shape index (κ2) is 9.53. The maximum absolute atomic E-state index is 6.80. The Labute approximate surface area is 225 Å². The average molecular weight is 529 g/mol. The highest BCUT2D eigenvalue weighted by Crippen LogP contribution is 2.42. The lowest BCUT2D eigenvalue weighted by Gasteiger charge is -2.19. The van der Waals surface area contributed by atoms with Crippen LogP contribution in [0.4, 0.5) is 11.6 Å². The number of hydrogen-bond acceptors (Lipinski definition) is 8. The van der Waals surface area contributed by atoms with Crippen molar-refractivity contribution < 1.29 is 0 Å². The summed E-state index contributed by atoms with van der Waals surface area (Å²) in [6.07, 6.45) is 0. The van der Waals surface area contributed by atoms with Crippen LogP contribution in [-0.2, 0) is 0 Å². The van der Waals surface area contributed by atoms with Gasteiger partial charge in [-0.05, 0) is 71.4 Å². The third-order valence-electron chi connectivity index (χ3n) is 6.39. The van der Waals surface area contributed by atoms with Crippen molar-refractivity contribution in [3.05, 3.63) is 92.3 Å². The highest BCUT2D eigenvalue weighted by Gasteiger charge is 2.32. The smallest absolute Gasteiger partial charge is 0.252 e. The molecule has 4 aromatic heterocycles. The van der Waals surface area contributed by atoms with Crippen molar-refractivity contribution in [2.45, 2.75) is 47.5 Å². The molecule has 1 aromatic carbocycles. The van der Waals surface area contributed by atoms with Gasteiger partial charge in [0, 0.05) is 44.8 Å². The van der Waals surface area contributed by atoms with Gasteiger partial charge >= 0.3 is 0 Å². The molecule has 0 spiro atoms. The summed E-state index contributed by atoms with van der Waals surface area (Å²) in [4.78, 5) is 18.3. The van der Waals surface area contributed by atoms with Gasteiger partial charge in [-0.3, -0.25) is 0 Å². The molecule has 10 nitrogen and oxygen atoms in total. The molecule has 0 amide bonds. The molecule has 0 bridgehead atoms. The first-order valence-electron chi connectivity index (χ1n) is 12.1. The van der Waals surface area contributed by atoms with Crippen molar-refractivity contribution in [1.29, 1.82) is 0 Å². The van der Waals surface area contributed by atoms with Gasteiger partial charge in [0.2, 0.25) is 0 Å². The van der Waals surface area contributed by atoms with Gasteiger partial charge in [0.25, 0.3) is 11.9 Å². The molecule has 0 fully saturated rings. The summed E-state index contributed by atoms with van der Waals surface area (Å²) in [5.74, 6) is 1.26. The number of halogens is 1. The summed E-state index contributed by atoms with van der Waals surface area (Å²) in [5.41, 5.74) is 20.8. The fourth-order valence-electron chi connectivity index (χ4n) is 4.87. The van der Waals surface area contributed by atoms with E-state index in [0.717, 1.165) is 50.9 Å². The molecule has 0 unspecified atom stereocenters. The number of nitrogens with two attached hydrogens (primary N) is 2. The topological polar surface area (TPSA) is 139 Å². The Morgan fingerprint density at radius 3 is 1.37 bits per heavy atom. The van der Waals surface area contributed by atoms with Gasteiger partial charge in [0.1, 0.15) is 11.6 Å². The zero-order chi connectivity index (χ0) is 27.3. The van der Waals surface area contributed by atoms with Crippen LogP contribution in [0.25, 0.3) is 11.9 Å². The van der Waals surface area contributed by atoms with E-state index >= 15 is 0 Å². The molecule has 0 aliphatic carbocycles. The summed E-state index contributed by atoms with van der Waals surface area (Å²) >= 11 is 6.25. The number of hydrogen-bond donors (Lipinski definition) is 2. The monoisotopic (exact) mass is 528 g/mol. The van der Waals surface area contributed by atoms with E-state index in [1.54, 1.807) is 9.36 Å². The summed E-state index contributed by atoms with van der Waals surface area (Å²) in [7, 11) is 0. The molecule has 0 saturated carbocycles. The van der Waals surface area contributed by atoms with Crippen LogP contribution in [-0.4, -0.2) is 39.5 Å². The summed E-state index contributed by atoms with van der Waals surface area (Å²) in [5, 5.41) is 10.1. The molecule has 194 valence electrons. The van der Waals surface area contributed by atoms with Crippen LogP contribution >= 0.6 is 11.6 Å². The lowest BCUT2D eigenvalue weighted by molar-refractivity contribution is 0.792. The molecule has 5 aromatic rings. The minimum absolute atomic E-state index is 0.397. The van der Waals surface area contributed by atoms with Crippen molar-refractivity contribution in [2.24, 2.45) is 0 Å². The normalized spacial score (nSPS) is 11.5. The van der Waals surface area contributed by atoms with Crippen LogP contribution in [0, 0.1) is 41.5 Å². The highest BCUT2D eigenvalue weighted by atomic mass is 35.5. The van der Waals surface area contributed by atoms with Crippen molar-refractivity contribution in [1.82, 2.24) is 39.5 Å². The van der Waals surface area contributed by atoms with E-state index in [9.17, 15) is 0 Å². The average Bonchev–Trinajstić information content (AvgIpc) is 3.29. The van der Waals surface area contributed by atoms with E-state index in [4.69, 9.17) is 33.3 Å². The van der Waals surface area contributed by atoms with Crippen LogP contribution in [0.2, 0.25) is 5.02 Å². The van der Waals surface area contributed by atoms with Crippen molar-refractivity contribution in [3.8, 4) is 11.9 Å². The van der Waals surface area contributed by atoms with Crippen LogP contribution in [0.3, 0.4) is 0 Å². The predicted octanol–water partition coefficient (Wildman–Crippen LogP) is 4.49. The van der Waals surface area contributed by atoms with Crippen LogP contribution < -0.4 is 11.5 Å². The number of benzene rings is 1. The minimum atomic E-state index is -0.397. The first kappa shape index (κ1) is 25.3. The molecular formula is C27H29ClN10. The number of aromatic nitrogens is 8. The Morgan fingerprint density at radius 1 is 0.632 bits per heavy atom. The molecular weight excluding hydrogens is 500 g/mol. The molecule has 4 N–H and O–H groups in total. The lowest BCUT2D eigenvalue weighted by Crippen LogP contribution is -2.13. The molecule has 0 radical (unpaired) electrons. The highest BCUT2D eigenvalue weighted by molar-refractivity contribution is 6.30. The standard InChI is InChI=1S/C27H29ClN10/c1-13-11-14(2)32-26(31-13)37-24(29)21(17(5)35-37)23(19-7-9-20(28)10-8-19)22-18(6)36-38(25(22)30)27-33-15(3)12-16(4)34-27/h7-12,23H,29-30H2,1-6H3. The quantitative estimate of drug-likeness (QED) is 0.340. The van der Waals surface area contributed by atoms with Gasteiger partial charge in [-0.2, -0.15) is 19.6 Å². The molecule has 0 aliphatic rings. The van der Waals surface area contributed by atoms with E-state index in [1.807, 2.05) is 77.9 Å². The van der Waals surface area contributed by atoms with Gasteiger partial charge in [0.15, 0.2) is 0 Å². The molecule has 5 rings (SSSR count). The zero-order valence-corrected chi connectivity index (χ0v) is 22.9. The van der Waals surface area contributed by atoms with Gasteiger partial charge in [-0.25, -0.2) is 19.9 Å². The maximum Gasteiger partial charge on any atom is 0.252 e. The number of rotatable bonds is 5. The third kappa shape index (κ3) is 4.47. The molecule has 0 atom stereocenters. The Bertz CT molecular complexity index is 1520. The summed E-state index contributed by atoms with van der Waals surface area (Å²) in [6.45, 7) is 11.5. The summed E-state index contributed by atoms with van der Waals surface area (Å²) in [6, 6.07) is 11.4. The van der Waals surface area contributed by atoms with E-state index in [2.05, 4.69) is 19.9 Å². The van der Waals surface area contributed by atoms with Crippen LogP contribution in [0.1, 0.15) is 56.8 Å². The van der Waals surface area contributed by atoms with Crippen LogP contribution in [0.15, 0.2) is 36.4 Å². The lowest BCUT2D eigenvalue weighted by atomic mass is 9.84. The Morgan fingerprint density at radius 2 is 1.00 bits per heavy atom. The van der Waals surface area contributed by atoms with Crippen LogP contribution in [0.5, 0.6) is 0 Å². The fraction of sp³-hybridized carbons (Fsp3) is 0.259. The maximum atomic E-state index is 6.80. The van der Waals surface area contributed by atoms with Gasteiger partial charge in [0.05, 0.1) is 11.4 Å². The molecule has 0 aliphatic heterocycles. The number of anilines is 2. The second-order valence-corrected chi connectivity index (χ2v) is 9.91. The number of nitrogen functional groups attached to an aromatic ring is 2. The minimum Gasteiger partial charge on any atom is -0.383 e. The first-order valence-corrected chi connectivity index (χ1v) is 12.5. The molecule has 11 heteroatoms. The van der Waals surface area contributed by atoms with Gasteiger partial charge in [-0.1, -0.05) is 23.7 Å². The molecule has 38 heavy (non-hydrogen) atoms. The van der Waals surface area contributed by atoms with E-state index in [-0.39, 0.29) is 0 Å². The van der Waals surface area contributed by atoms with Gasteiger partial charge in [-0.15, -0.1) is 0 Å². The Kier molecular flexibility index (Phi) is 6.36. The summed E-state index contributed by atoms with van der Waals surface area (Å²) < 4.78 is 3.16. The fourth-order valence-corrected chi connectivity index (χ4v) is 5.00. The molecule has 4 heterocycles. The number of nitrogens with zero attached hydrogens (tertiary/aromatic N) is 8. The second-order valence-electron chi connectivity index (χ2n) is 9.48. The predicted molar refractivity (Wildman–Crippen MR) is 148 cm³/mol. The van der Waals surface area contributed by atoms with Crippen molar-refractivity contribution in [3.63, 3.8) is 0 Å². The Hall–Kier alpha value is -4.31. The van der Waals surface area contributed by atoms with E-state index in [0.29, 0.717) is 28.6 Å². The van der Waals surface area contributed by atoms with Gasteiger partial charge < -0.3 is 11.5 Å². The molecule has 0 saturated heterocycles. The number of aryl methyl sites for hydroxylation is 6. The third-order valence-corrected chi connectivity index (χ3v) is 6.64. The van der Waals surface area contributed by atoms with E-state index < -0.39 is 5.92 Å². The Balaban J connectivity index is 1.75. The SMILES string of the molecule is Cc1cc(C)nc(-n2nc(C)c(C(c3ccc(Cl)cc3)c3c(C)nn(-c4nc(C)cc(C)n4)c3N)c2N)n1. The van der Waals surface area contributed by atoms with Crippen molar-refractivity contribution in [2.75, 3.05) is 11.5 Å². The first-order chi connectivity index (χ1) is 18.0. The van der Waals surface area contributed by atoms with E-state index in [1.165, 1.54) is 0 Å². The van der Waals surface area contributed by atoms with Crippen molar-refractivity contribution >= 4 is 23.2 Å². The largest absolute Gasteiger partial charge is 0.383 e.